The molecule has 3 rings (SSSR count). The summed E-state index contributed by atoms with van der Waals surface area (Å²) in [6.45, 7) is -0.293. The molecule has 3 N–H and O–H groups in total. The van der Waals surface area contributed by atoms with Crippen LogP contribution in [0.1, 0.15) is 12.6 Å². The molecule has 11 heteroatoms. The van der Waals surface area contributed by atoms with Crippen molar-refractivity contribution in [2.24, 2.45) is 5.11 Å². The van der Waals surface area contributed by atoms with E-state index < -0.39 is 24.5 Å². The fourth-order valence-corrected chi connectivity index (χ4v) is 2.36. The van der Waals surface area contributed by atoms with Gasteiger partial charge in [-0.3, -0.25) is 4.57 Å². The van der Waals surface area contributed by atoms with Crippen LogP contribution >= 0.6 is 0 Å². The van der Waals surface area contributed by atoms with Crippen LogP contribution in [0.5, 0.6) is 0 Å². The van der Waals surface area contributed by atoms with Gasteiger partial charge in [-0.15, -0.1) is 0 Å². The van der Waals surface area contributed by atoms with Crippen LogP contribution in [-0.2, 0) is 4.74 Å². The van der Waals surface area contributed by atoms with Crippen LogP contribution in [0.2, 0.25) is 0 Å². The predicted octanol–water partition coefficient (Wildman–Crippen LogP) is 0.506. The van der Waals surface area contributed by atoms with E-state index in [-0.39, 0.29) is 23.6 Å². The molecule has 1 fully saturated rings. The summed E-state index contributed by atoms with van der Waals surface area (Å²) in [5, 5.41) is 12.8. The number of ether oxygens (including phenoxy) is 1. The van der Waals surface area contributed by atoms with Gasteiger partial charge in [-0.05, 0) is 5.53 Å². The first kappa shape index (κ1) is 13.5. The molecular formula is C10H11FN8O2. The van der Waals surface area contributed by atoms with Crippen molar-refractivity contribution < 1.29 is 14.2 Å². The maximum atomic E-state index is 13.3. The third kappa shape index (κ3) is 2.23. The molecule has 3 atom stereocenters. The zero-order chi connectivity index (χ0) is 15.0. The molecule has 0 radical (unpaired) electrons. The van der Waals surface area contributed by atoms with Crippen molar-refractivity contribution >= 4 is 17.0 Å². The van der Waals surface area contributed by atoms with Crippen LogP contribution in [0, 0.1) is 6.08 Å². The molecule has 2 aromatic rings. The number of rotatable bonds is 3. The number of halogens is 1. The molecule has 0 bridgehead atoms. The molecule has 1 unspecified atom stereocenters. The summed E-state index contributed by atoms with van der Waals surface area (Å²) >= 11 is 0. The molecule has 2 aromatic heterocycles. The highest BCUT2D eigenvalue weighted by Crippen LogP contribution is 2.33. The molecule has 3 heterocycles. The molecular weight excluding hydrogens is 283 g/mol. The van der Waals surface area contributed by atoms with Gasteiger partial charge in [-0.25, -0.2) is 4.98 Å². The van der Waals surface area contributed by atoms with Crippen LogP contribution in [0.4, 0.5) is 10.2 Å². The van der Waals surface area contributed by atoms with Crippen LogP contribution in [0.15, 0.2) is 11.4 Å². The van der Waals surface area contributed by atoms with E-state index in [2.05, 4.69) is 25.0 Å². The summed E-state index contributed by atoms with van der Waals surface area (Å²) < 4.78 is 20.4. The van der Waals surface area contributed by atoms with Crippen molar-refractivity contribution in [2.45, 2.75) is 24.8 Å². The van der Waals surface area contributed by atoms with Crippen LogP contribution < -0.4 is 5.73 Å². The van der Waals surface area contributed by atoms with Gasteiger partial charge in [0.05, 0.1) is 25.1 Å². The Balaban J connectivity index is 2.00. The number of azide groups is 1. The minimum atomic E-state index is -0.968. The highest BCUT2D eigenvalue weighted by Gasteiger charge is 2.36. The standard InChI is InChI=1S/C10H11FN8O2/c11-10-15-8(12)7-9(16-10)19(3-14-7)6-1-4(17-18-13)5(2-20)21-6/h3-6,20H,1-2H2,(H2,12,15,16)/t4?,5-,6-/m1/s1. The minimum Gasteiger partial charge on any atom is -0.394 e. The van der Waals surface area contributed by atoms with Gasteiger partial charge in [0, 0.05) is 11.3 Å². The minimum absolute atomic E-state index is 0.0699. The maximum Gasteiger partial charge on any atom is 0.312 e. The largest absolute Gasteiger partial charge is 0.394 e. The summed E-state index contributed by atoms with van der Waals surface area (Å²) in [4.78, 5) is 13.8. The first-order valence-electron chi connectivity index (χ1n) is 6.10. The molecule has 0 saturated carbocycles. The smallest absolute Gasteiger partial charge is 0.312 e. The Hall–Kier alpha value is -2.49. The van der Waals surface area contributed by atoms with E-state index in [4.69, 9.17) is 16.0 Å². The third-order valence-corrected chi connectivity index (χ3v) is 3.32. The van der Waals surface area contributed by atoms with Gasteiger partial charge in [-0.1, -0.05) is 5.11 Å². The number of anilines is 1. The number of hydrogen-bond acceptors (Lipinski definition) is 7. The molecule has 0 aliphatic carbocycles. The maximum absolute atomic E-state index is 13.3. The van der Waals surface area contributed by atoms with Crippen LogP contribution in [0.3, 0.4) is 0 Å². The average Bonchev–Trinajstić information content (AvgIpc) is 3.02. The van der Waals surface area contributed by atoms with Crippen molar-refractivity contribution in [2.75, 3.05) is 12.3 Å². The second kappa shape index (κ2) is 5.13. The Morgan fingerprint density at radius 2 is 2.43 bits per heavy atom. The normalized spacial score (nSPS) is 25.1. The number of hydrogen-bond donors (Lipinski definition) is 2. The predicted molar refractivity (Wildman–Crippen MR) is 68.2 cm³/mol. The van der Waals surface area contributed by atoms with E-state index in [1.807, 2.05) is 0 Å². The van der Waals surface area contributed by atoms with Gasteiger partial charge in [0.15, 0.2) is 17.0 Å². The highest BCUT2D eigenvalue weighted by atomic mass is 19.1. The molecule has 10 nitrogen and oxygen atoms in total. The van der Waals surface area contributed by atoms with E-state index in [1.165, 1.54) is 10.9 Å². The number of fused-ring (bicyclic) bond motifs is 1. The van der Waals surface area contributed by atoms with Crippen molar-refractivity contribution in [3.8, 4) is 0 Å². The second-order valence-electron chi connectivity index (χ2n) is 4.52. The van der Waals surface area contributed by atoms with Gasteiger partial charge in [0.2, 0.25) is 0 Å². The summed E-state index contributed by atoms with van der Waals surface area (Å²) in [5.41, 5.74) is 14.5. The Labute approximate surface area is 117 Å². The summed E-state index contributed by atoms with van der Waals surface area (Å²) in [7, 11) is 0. The third-order valence-electron chi connectivity index (χ3n) is 3.32. The second-order valence-corrected chi connectivity index (χ2v) is 4.52. The molecule has 1 aliphatic heterocycles. The van der Waals surface area contributed by atoms with E-state index in [0.29, 0.717) is 6.42 Å². The Kier molecular flexibility index (Phi) is 3.29. The Morgan fingerprint density at radius 3 is 3.14 bits per heavy atom. The van der Waals surface area contributed by atoms with Crippen molar-refractivity contribution in [1.82, 2.24) is 19.5 Å². The van der Waals surface area contributed by atoms with Gasteiger partial charge >= 0.3 is 6.08 Å². The zero-order valence-electron chi connectivity index (χ0n) is 10.7. The van der Waals surface area contributed by atoms with E-state index in [0.717, 1.165) is 0 Å². The lowest BCUT2D eigenvalue weighted by Crippen LogP contribution is -2.22. The average molecular weight is 294 g/mol. The molecule has 1 saturated heterocycles. The number of nitrogen functional groups attached to an aromatic ring is 1. The zero-order valence-corrected chi connectivity index (χ0v) is 10.7. The number of aliphatic hydroxyl groups excluding tert-OH is 1. The molecule has 1 aliphatic rings. The molecule has 0 spiro atoms. The lowest BCUT2D eigenvalue weighted by Gasteiger charge is -2.13. The lowest BCUT2D eigenvalue weighted by molar-refractivity contribution is -0.0233. The first-order valence-corrected chi connectivity index (χ1v) is 6.10. The van der Waals surface area contributed by atoms with Crippen molar-refractivity contribution in [3.63, 3.8) is 0 Å². The highest BCUT2D eigenvalue weighted by molar-refractivity contribution is 5.81. The molecule has 110 valence electrons. The number of nitrogens with zero attached hydrogens (tertiary/aromatic N) is 7. The van der Waals surface area contributed by atoms with E-state index in [1.54, 1.807) is 0 Å². The van der Waals surface area contributed by atoms with Gasteiger partial charge in [0.25, 0.3) is 0 Å². The van der Waals surface area contributed by atoms with Gasteiger partial charge in [-0.2, -0.15) is 14.4 Å². The Bertz CT molecular complexity index is 727. The topological polar surface area (TPSA) is 148 Å². The van der Waals surface area contributed by atoms with Crippen molar-refractivity contribution in [3.05, 3.63) is 22.8 Å². The fourth-order valence-electron chi connectivity index (χ4n) is 2.36. The van der Waals surface area contributed by atoms with Crippen molar-refractivity contribution in [1.29, 1.82) is 0 Å². The molecule has 21 heavy (non-hydrogen) atoms. The first-order chi connectivity index (χ1) is 10.1. The monoisotopic (exact) mass is 294 g/mol. The molecule has 0 amide bonds. The number of aliphatic hydroxyl groups is 1. The van der Waals surface area contributed by atoms with Gasteiger partial charge < -0.3 is 15.6 Å². The quantitative estimate of drug-likeness (QED) is 0.364. The SMILES string of the molecule is [N-]=[N+]=NC1C[C@H](n2cnc3c(N)nc(F)nc32)O[C@@H]1CO. The fraction of sp³-hybridized carbons (Fsp3) is 0.500. The van der Waals surface area contributed by atoms with E-state index in [9.17, 15) is 9.50 Å². The van der Waals surface area contributed by atoms with Crippen LogP contribution in [0.25, 0.3) is 21.6 Å². The number of nitrogens with two attached hydrogens (primary N) is 1. The summed E-state index contributed by atoms with van der Waals surface area (Å²) in [5.74, 6) is -0.0699. The Morgan fingerprint density at radius 1 is 1.62 bits per heavy atom. The van der Waals surface area contributed by atoms with Gasteiger partial charge in [0.1, 0.15) is 6.23 Å². The number of aromatic nitrogens is 4. The number of imidazole rings is 1. The summed E-state index contributed by atoms with van der Waals surface area (Å²) in [6, 6.07) is -0.522. The van der Waals surface area contributed by atoms with Crippen LogP contribution in [-0.4, -0.2) is 43.4 Å². The molecule has 0 aromatic carbocycles. The lowest BCUT2D eigenvalue weighted by atomic mass is 10.1. The van der Waals surface area contributed by atoms with E-state index >= 15 is 0 Å². The summed E-state index contributed by atoms with van der Waals surface area (Å²) in [6.07, 6.45) is -0.479.